The van der Waals surface area contributed by atoms with Gasteiger partial charge in [-0.3, -0.25) is 14.5 Å². The van der Waals surface area contributed by atoms with Crippen molar-refractivity contribution in [1.82, 2.24) is 9.80 Å². The lowest BCUT2D eigenvalue weighted by Gasteiger charge is -2.31. The van der Waals surface area contributed by atoms with E-state index in [9.17, 15) is 14.7 Å². The summed E-state index contributed by atoms with van der Waals surface area (Å²) in [5.41, 5.74) is 2.48. The minimum atomic E-state index is -0.644. The molecule has 0 unspecified atom stereocenters. The van der Waals surface area contributed by atoms with Gasteiger partial charge < -0.3 is 19.6 Å². The highest BCUT2D eigenvalue weighted by Gasteiger charge is 2.46. The van der Waals surface area contributed by atoms with Gasteiger partial charge in [0.05, 0.1) is 24.8 Å². The Bertz CT molecular complexity index is 996. The van der Waals surface area contributed by atoms with Gasteiger partial charge in [0.1, 0.15) is 5.76 Å². The van der Waals surface area contributed by atoms with Crippen molar-refractivity contribution in [3.8, 4) is 0 Å². The molecule has 2 fully saturated rings. The zero-order valence-electron chi connectivity index (χ0n) is 18.5. The minimum Gasteiger partial charge on any atom is -0.507 e. The molecule has 1 N–H and O–H groups in total. The predicted molar refractivity (Wildman–Crippen MR) is 123 cm³/mol. The number of aliphatic hydroxyl groups is 1. The van der Waals surface area contributed by atoms with Gasteiger partial charge in [-0.05, 0) is 17.7 Å². The van der Waals surface area contributed by atoms with Crippen molar-refractivity contribution >= 4 is 23.1 Å². The van der Waals surface area contributed by atoms with Gasteiger partial charge in [-0.2, -0.15) is 0 Å². The summed E-state index contributed by atoms with van der Waals surface area (Å²) in [6, 6.07) is 16.0. The maximum atomic E-state index is 13.1. The van der Waals surface area contributed by atoms with Gasteiger partial charge in [-0.1, -0.05) is 42.5 Å². The van der Waals surface area contributed by atoms with Crippen molar-refractivity contribution in [2.45, 2.75) is 6.04 Å². The molecule has 2 aromatic rings. The lowest BCUT2D eigenvalue weighted by Crippen LogP contribution is -2.42. The number of carbonyl (C=O) groups is 2. The lowest BCUT2D eigenvalue weighted by atomic mass is 9.95. The first-order chi connectivity index (χ1) is 15.5. The average molecular weight is 436 g/mol. The summed E-state index contributed by atoms with van der Waals surface area (Å²) < 4.78 is 5.41. The van der Waals surface area contributed by atoms with Crippen LogP contribution in [0, 0.1) is 0 Å². The molecule has 0 aromatic heterocycles. The molecule has 7 heteroatoms. The van der Waals surface area contributed by atoms with Crippen LogP contribution in [0.4, 0.5) is 5.69 Å². The summed E-state index contributed by atoms with van der Waals surface area (Å²) >= 11 is 0. The standard InChI is InChI=1S/C25H29N3O4/c1-26(2)20-10-8-18(9-11-20)22-21(23(29)19-6-4-3-5-7-19)24(30)25(31)28(22)13-12-27-14-16-32-17-15-27/h3-11,22,29H,12-17H2,1-2H3/t22-/m1/s1. The number of hydrogen-bond acceptors (Lipinski definition) is 6. The zero-order chi connectivity index (χ0) is 22.7. The molecule has 2 aliphatic heterocycles. The number of amides is 1. The number of Topliss-reactive ketones (excluding diaryl/α,β-unsaturated/α-hetero) is 1. The number of nitrogens with zero attached hydrogens (tertiary/aromatic N) is 3. The first kappa shape index (κ1) is 22.0. The van der Waals surface area contributed by atoms with Crippen LogP contribution in [0.2, 0.25) is 0 Å². The van der Waals surface area contributed by atoms with E-state index in [1.807, 2.05) is 49.3 Å². The summed E-state index contributed by atoms with van der Waals surface area (Å²) in [7, 11) is 3.91. The van der Waals surface area contributed by atoms with E-state index >= 15 is 0 Å². The molecule has 168 valence electrons. The number of carbonyl (C=O) groups excluding carboxylic acids is 2. The van der Waals surface area contributed by atoms with Crippen LogP contribution in [0.3, 0.4) is 0 Å². The van der Waals surface area contributed by atoms with Crippen LogP contribution in [0.25, 0.3) is 5.76 Å². The van der Waals surface area contributed by atoms with E-state index in [1.54, 1.807) is 29.2 Å². The average Bonchev–Trinajstić information content (AvgIpc) is 3.08. The van der Waals surface area contributed by atoms with E-state index in [4.69, 9.17) is 4.74 Å². The van der Waals surface area contributed by atoms with Crippen LogP contribution >= 0.6 is 0 Å². The predicted octanol–water partition coefficient (Wildman–Crippen LogP) is 2.51. The second-order valence-corrected chi connectivity index (χ2v) is 8.30. The van der Waals surface area contributed by atoms with E-state index < -0.39 is 17.7 Å². The van der Waals surface area contributed by atoms with Crippen molar-refractivity contribution in [2.75, 3.05) is 58.4 Å². The summed E-state index contributed by atoms with van der Waals surface area (Å²) in [5, 5.41) is 11.1. The largest absolute Gasteiger partial charge is 0.507 e. The topological polar surface area (TPSA) is 73.3 Å². The third kappa shape index (κ3) is 4.40. The summed E-state index contributed by atoms with van der Waals surface area (Å²) in [4.78, 5) is 32.0. The Morgan fingerprint density at radius 3 is 2.28 bits per heavy atom. The Morgan fingerprint density at radius 1 is 1.00 bits per heavy atom. The molecule has 2 saturated heterocycles. The van der Waals surface area contributed by atoms with Gasteiger partial charge in [0.25, 0.3) is 11.7 Å². The number of hydrogen-bond donors (Lipinski definition) is 1. The molecular weight excluding hydrogens is 406 g/mol. The molecule has 0 aliphatic carbocycles. The van der Waals surface area contributed by atoms with Crippen molar-refractivity contribution in [2.24, 2.45) is 0 Å². The third-order valence-corrected chi connectivity index (χ3v) is 6.07. The fourth-order valence-corrected chi connectivity index (χ4v) is 4.24. The molecule has 0 spiro atoms. The first-order valence-corrected chi connectivity index (χ1v) is 10.9. The molecule has 7 nitrogen and oxygen atoms in total. The Hall–Kier alpha value is -3.16. The van der Waals surface area contributed by atoms with Gasteiger partial charge in [0, 0.05) is 51.5 Å². The van der Waals surface area contributed by atoms with Gasteiger partial charge in [-0.25, -0.2) is 0 Å². The normalized spacial score (nSPS) is 21.2. The summed E-state index contributed by atoms with van der Waals surface area (Å²) in [5.74, 6) is -1.35. The van der Waals surface area contributed by atoms with E-state index in [0.29, 0.717) is 31.9 Å². The first-order valence-electron chi connectivity index (χ1n) is 10.9. The van der Waals surface area contributed by atoms with Gasteiger partial charge in [-0.15, -0.1) is 0 Å². The highest BCUT2D eigenvalue weighted by molar-refractivity contribution is 6.46. The summed E-state index contributed by atoms with van der Waals surface area (Å²) in [6.07, 6.45) is 0. The Balaban J connectivity index is 1.72. The van der Waals surface area contributed by atoms with Crippen LogP contribution in [-0.4, -0.2) is 80.1 Å². The molecular formula is C25H29N3O4. The molecule has 2 aliphatic rings. The van der Waals surface area contributed by atoms with Crippen LogP contribution in [0.1, 0.15) is 17.2 Å². The van der Waals surface area contributed by atoms with E-state index in [2.05, 4.69) is 4.90 Å². The number of aliphatic hydroxyl groups excluding tert-OH is 1. The van der Waals surface area contributed by atoms with Crippen molar-refractivity contribution in [3.63, 3.8) is 0 Å². The fourth-order valence-electron chi connectivity index (χ4n) is 4.24. The SMILES string of the molecule is CN(C)c1ccc([C@@H]2C(=C(O)c3ccccc3)C(=O)C(=O)N2CCN2CCOCC2)cc1. The molecule has 4 rings (SSSR count). The van der Waals surface area contributed by atoms with E-state index in [1.165, 1.54) is 0 Å². The highest BCUT2D eigenvalue weighted by Crippen LogP contribution is 2.39. The number of ether oxygens (including phenoxy) is 1. The Morgan fingerprint density at radius 2 is 1.66 bits per heavy atom. The molecule has 2 aromatic carbocycles. The number of likely N-dealkylation sites (tertiary alicyclic amines) is 1. The Labute approximate surface area is 188 Å². The highest BCUT2D eigenvalue weighted by atomic mass is 16.5. The quantitative estimate of drug-likeness (QED) is 0.427. The molecule has 2 heterocycles. The molecule has 1 amide bonds. The fraction of sp³-hybridized carbons (Fsp3) is 0.360. The number of morpholine rings is 1. The number of ketones is 1. The molecule has 0 bridgehead atoms. The van der Waals surface area contributed by atoms with Gasteiger partial charge in [0.2, 0.25) is 0 Å². The van der Waals surface area contributed by atoms with Gasteiger partial charge in [0.15, 0.2) is 0 Å². The second kappa shape index (κ2) is 9.54. The zero-order valence-corrected chi connectivity index (χ0v) is 18.5. The second-order valence-electron chi connectivity index (χ2n) is 8.30. The van der Waals surface area contributed by atoms with Crippen LogP contribution < -0.4 is 4.90 Å². The van der Waals surface area contributed by atoms with E-state index in [-0.39, 0.29) is 11.3 Å². The molecule has 0 radical (unpaired) electrons. The third-order valence-electron chi connectivity index (χ3n) is 6.07. The Kier molecular flexibility index (Phi) is 6.58. The minimum absolute atomic E-state index is 0.139. The van der Waals surface area contributed by atoms with Gasteiger partial charge >= 0.3 is 0 Å². The monoisotopic (exact) mass is 435 g/mol. The smallest absolute Gasteiger partial charge is 0.295 e. The van der Waals surface area contributed by atoms with Crippen molar-refractivity contribution in [1.29, 1.82) is 0 Å². The van der Waals surface area contributed by atoms with E-state index in [0.717, 1.165) is 24.3 Å². The number of rotatable bonds is 6. The van der Waals surface area contributed by atoms with Crippen LogP contribution in [0.15, 0.2) is 60.2 Å². The molecule has 32 heavy (non-hydrogen) atoms. The maximum Gasteiger partial charge on any atom is 0.295 e. The van der Waals surface area contributed by atoms with Crippen molar-refractivity contribution in [3.05, 3.63) is 71.3 Å². The van der Waals surface area contributed by atoms with Crippen LogP contribution in [0.5, 0.6) is 0 Å². The molecule has 0 saturated carbocycles. The molecule has 1 atom stereocenters. The maximum absolute atomic E-state index is 13.1. The number of benzene rings is 2. The lowest BCUT2D eigenvalue weighted by molar-refractivity contribution is -0.140. The van der Waals surface area contributed by atoms with Crippen LogP contribution in [-0.2, 0) is 14.3 Å². The number of anilines is 1. The van der Waals surface area contributed by atoms with Crippen molar-refractivity contribution < 1.29 is 19.4 Å². The summed E-state index contributed by atoms with van der Waals surface area (Å²) in [6.45, 7) is 3.99.